The Labute approximate surface area is 153 Å². The molecule has 26 heavy (non-hydrogen) atoms. The molecule has 8 nitrogen and oxygen atoms in total. The molecule has 0 radical (unpaired) electrons. The van der Waals surface area contributed by atoms with E-state index in [0.717, 1.165) is 17.1 Å². The molecule has 1 unspecified atom stereocenters. The van der Waals surface area contributed by atoms with Gasteiger partial charge in [-0.05, 0) is 46.8 Å². The van der Waals surface area contributed by atoms with E-state index in [-0.39, 0.29) is 25.6 Å². The first-order valence-electron chi connectivity index (χ1n) is 8.63. The summed E-state index contributed by atoms with van der Waals surface area (Å²) >= 11 is 0. The molecule has 0 fully saturated rings. The number of aromatic hydroxyl groups is 1. The number of hydrogen-bond acceptors (Lipinski definition) is 7. The Morgan fingerprint density at radius 2 is 1.81 bits per heavy atom. The number of hydrogen-bond donors (Lipinski definition) is 3. The monoisotopic (exact) mass is 382 g/mol. The highest BCUT2D eigenvalue weighted by atomic mass is 31.2. The van der Waals surface area contributed by atoms with Crippen LogP contribution in [0.1, 0.15) is 42.4 Å². The molecular formula is C17H27N4O4P. The van der Waals surface area contributed by atoms with Crippen molar-refractivity contribution in [2.45, 2.75) is 40.3 Å². The predicted octanol–water partition coefficient (Wildman–Crippen LogP) is 3.85. The Bertz CT molecular complexity index is 764. The largest absolute Gasteiger partial charge is 0.493 e. The minimum Gasteiger partial charge on any atom is -0.493 e. The lowest BCUT2D eigenvalue weighted by molar-refractivity contribution is 0.212. The molecule has 0 aliphatic carbocycles. The molecule has 2 aromatic rings. The number of rotatable bonds is 9. The molecule has 9 heteroatoms. The number of aryl methyl sites for hydroxylation is 3. The van der Waals surface area contributed by atoms with E-state index in [1.807, 2.05) is 26.0 Å². The number of anilines is 1. The van der Waals surface area contributed by atoms with Crippen LogP contribution in [0.5, 0.6) is 5.88 Å². The fourth-order valence-corrected chi connectivity index (χ4v) is 4.54. The number of nitrogens with one attached hydrogen (secondary N) is 2. The van der Waals surface area contributed by atoms with Gasteiger partial charge in [0.05, 0.1) is 30.3 Å². The summed E-state index contributed by atoms with van der Waals surface area (Å²) in [6.45, 7) is 9.74. The minimum atomic E-state index is -3.51. The lowest BCUT2D eigenvalue weighted by atomic mass is 10.2. The second-order valence-corrected chi connectivity index (χ2v) is 8.13. The van der Waals surface area contributed by atoms with Crippen molar-refractivity contribution in [3.63, 3.8) is 0 Å². The molecule has 0 saturated carbocycles. The Balaban J connectivity index is 2.34. The molecule has 0 aliphatic heterocycles. The van der Waals surface area contributed by atoms with Crippen molar-refractivity contribution in [3.05, 3.63) is 35.0 Å². The first-order chi connectivity index (χ1) is 12.3. The van der Waals surface area contributed by atoms with Crippen LogP contribution in [-0.4, -0.2) is 39.8 Å². The van der Waals surface area contributed by atoms with E-state index in [9.17, 15) is 9.67 Å². The zero-order valence-electron chi connectivity index (χ0n) is 15.9. The molecule has 2 aromatic heterocycles. The average Bonchev–Trinajstić information content (AvgIpc) is 2.88. The topological polar surface area (TPSA) is 109 Å². The predicted molar refractivity (Wildman–Crippen MR) is 101 cm³/mol. The number of pyridine rings is 1. The number of H-pyrrole nitrogens is 1. The van der Waals surface area contributed by atoms with E-state index in [2.05, 4.69) is 20.3 Å². The molecule has 2 rings (SSSR count). The Morgan fingerprint density at radius 1 is 1.15 bits per heavy atom. The number of nitrogens with zero attached hydrogens (tertiary/aromatic N) is 2. The number of aromatic nitrogens is 3. The van der Waals surface area contributed by atoms with Gasteiger partial charge in [0.2, 0.25) is 5.88 Å². The maximum absolute atomic E-state index is 13.4. The van der Waals surface area contributed by atoms with Gasteiger partial charge < -0.3 is 24.5 Å². The first kappa shape index (κ1) is 20.4. The molecule has 1 atom stereocenters. The van der Waals surface area contributed by atoms with E-state index in [1.54, 1.807) is 20.8 Å². The van der Waals surface area contributed by atoms with Crippen LogP contribution in [0.15, 0.2) is 12.1 Å². The van der Waals surface area contributed by atoms with Crippen molar-refractivity contribution in [2.75, 3.05) is 25.1 Å². The summed E-state index contributed by atoms with van der Waals surface area (Å²) in [4.78, 5) is 11.5. The highest BCUT2D eigenvalue weighted by Crippen LogP contribution is 2.60. The van der Waals surface area contributed by atoms with Crippen molar-refractivity contribution in [1.29, 1.82) is 0 Å². The summed E-state index contributed by atoms with van der Waals surface area (Å²) in [7, 11) is -3.51. The molecule has 0 amide bonds. The van der Waals surface area contributed by atoms with Gasteiger partial charge in [-0.2, -0.15) is 0 Å². The van der Waals surface area contributed by atoms with Crippen molar-refractivity contribution in [1.82, 2.24) is 15.0 Å². The van der Waals surface area contributed by atoms with Crippen LogP contribution < -0.4 is 5.32 Å². The number of imidazole rings is 1. The standard InChI is InChI=1S/C17H27N4O4P/c1-6-24-26(23,25-7-2)15(16-20-13(5)17(22)21-16)10-18-14-9-8-11(3)19-12(14)4/h8-9,15,18,22H,6-7,10H2,1-5H3,(H,20,21). The zero-order chi connectivity index (χ0) is 19.3. The molecule has 0 aliphatic rings. The van der Waals surface area contributed by atoms with Crippen molar-refractivity contribution >= 4 is 13.3 Å². The Hall–Kier alpha value is -1.89. The van der Waals surface area contributed by atoms with Crippen molar-refractivity contribution < 1.29 is 18.7 Å². The molecule has 3 N–H and O–H groups in total. The van der Waals surface area contributed by atoms with Crippen LogP contribution >= 0.6 is 7.60 Å². The Morgan fingerprint density at radius 3 is 2.31 bits per heavy atom. The van der Waals surface area contributed by atoms with Crippen molar-refractivity contribution in [3.8, 4) is 5.88 Å². The molecule has 0 aromatic carbocycles. The van der Waals surface area contributed by atoms with Gasteiger partial charge in [-0.15, -0.1) is 0 Å². The van der Waals surface area contributed by atoms with Gasteiger partial charge >= 0.3 is 7.60 Å². The van der Waals surface area contributed by atoms with E-state index >= 15 is 0 Å². The van der Waals surface area contributed by atoms with E-state index in [0.29, 0.717) is 11.5 Å². The summed E-state index contributed by atoms with van der Waals surface area (Å²) in [6, 6.07) is 3.82. The van der Waals surface area contributed by atoms with Crippen molar-refractivity contribution in [2.24, 2.45) is 0 Å². The Kier molecular flexibility index (Phi) is 6.81. The average molecular weight is 382 g/mol. The second-order valence-electron chi connectivity index (χ2n) is 5.91. The summed E-state index contributed by atoms with van der Waals surface area (Å²) in [5.74, 6) is 0.299. The van der Waals surface area contributed by atoms with Gasteiger partial charge in [-0.3, -0.25) is 9.55 Å². The molecule has 0 saturated heterocycles. The van der Waals surface area contributed by atoms with Gasteiger partial charge in [0.1, 0.15) is 11.5 Å². The van der Waals surface area contributed by atoms with E-state index in [4.69, 9.17) is 9.05 Å². The quantitative estimate of drug-likeness (QED) is 0.565. The van der Waals surface area contributed by atoms with Crippen LogP contribution in [-0.2, 0) is 13.6 Å². The molecule has 2 heterocycles. The second kappa shape index (κ2) is 8.66. The number of aromatic amines is 1. The van der Waals surface area contributed by atoms with Crippen LogP contribution in [0.3, 0.4) is 0 Å². The van der Waals surface area contributed by atoms with Crippen LogP contribution in [0.25, 0.3) is 0 Å². The maximum Gasteiger partial charge on any atom is 0.343 e. The minimum absolute atomic E-state index is 0.0577. The third-order valence-corrected chi connectivity index (χ3v) is 6.33. The van der Waals surface area contributed by atoms with E-state index in [1.165, 1.54) is 0 Å². The fourth-order valence-electron chi connectivity index (χ4n) is 2.65. The summed E-state index contributed by atoms with van der Waals surface area (Å²) in [6.07, 6.45) is 0. The summed E-state index contributed by atoms with van der Waals surface area (Å²) < 4.78 is 24.4. The van der Waals surface area contributed by atoms with E-state index < -0.39 is 13.3 Å². The van der Waals surface area contributed by atoms with Gasteiger partial charge in [0.25, 0.3) is 0 Å². The van der Waals surface area contributed by atoms with Crippen LogP contribution in [0.2, 0.25) is 0 Å². The lowest BCUT2D eigenvalue weighted by Crippen LogP contribution is -2.18. The third-order valence-electron chi connectivity index (χ3n) is 3.90. The van der Waals surface area contributed by atoms with Gasteiger partial charge in [-0.25, -0.2) is 4.98 Å². The molecule has 144 valence electrons. The first-order valence-corrected chi connectivity index (χ1v) is 10.2. The zero-order valence-corrected chi connectivity index (χ0v) is 16.8. The van der Waals surface area contributed by atoms with Gasteiger partial charge in [0, 0.05) is 12.2 Å². The maximum atomic E-state index is 13.4. The van der Waals surface area contributed by atoms with Crippen LogP contribution in [0, 0.1) is 20.8 Å². The lowest BCUT2D eigenvalue weighted by Gasteiger charge is -2.25. The summed E-state index contributed by atoms with van der Waals surface area (Å²) in [5, 5.41) is 13.1. The molecular weight excluding hydrogens is 355 g/mol. The smallest absolute Gasteiger partial charge is 0.343 e. The molecule has 0 spiro atoms. The fraction of sp³-hybridized carbons (Fsp3) is 0.529. The highest BCUT2D eigenvalue weighted by molar-refractivity contribution is 7.54. The highest BCUT2D eigenvalue weighted by Gasteiger charge is 2.39. The third kappa shape index (κ3) is 4.63. The summed E-state index contributed by atoms with van der Waals surface area (Å²) in [5.41, 5.74) is 2.31. The SMILES string of the molecule is CCOP(=O)(OCC)C(CNc1ccc(C)nc1C)c1nc(C)c(O)[nH]1. The van der Waals surface area contributed by atoms with Crippen LogP contribution in [0.4, 0.5) is 5.69 Å². The van der Waals surface area contributed by atoms with Gasteiger partial charge in [0.15, 0.2) is 0 Å². The molecule has 0 bridgehead atoms. The van der Waals surface area contributed by atoms with Gasteiger partial charge in [-0.1, -0.05) is 0 Å². The normalized spacial score (nSPS) is 13.0.